The van der Waals surface area contributed by atoms with Gasteiger partial charge in [-0.05, 0) is 30.0 Å². The summed E-state index contributed by atoms with van der Waals surface area (Å²) in [6.45, 7) is 7.78. The van der Waals surface area contributed by atoms with Crippen molar-refractivity contribution in [1.82, 2.24) is 14.7 Å². The molecule has 0 N–H and O–H groups in total. The number of carbonyl (C=O) groups is 1. The number of benzene rings is 2. The lowest BCUT2D eigenvalue weighted by molar-refractivity contribution is 0.110. The van der Waals surface area contributed by atoms with Crippen LogP contribution >= 0.6 is 0 Å². The summed E-state index contributed by atoms with van der Waals surface area (Å²) in [5.74, 6) is 1.55. The van der Waals surface area contributed by atoms with Gasteiger partial charge in [0.15, 0.2) is 0 Å². The third kappa shape index (κ3) is 4.07. The Morgan fingerprint density at radius 1 is 1.03 bits per heavy atom. The molecule has 0 atom stereocenters. The average Bonchev–Trinajstić information content (AvgIpc) is 2.99. The molecule has 0 saturated carbocycles. The third-order valence-corrected chi connectivity index (χ3v) is 8.17. The van der Waals surface area contributed by atoms with Crippen LogP contribution in [0.3, 0.4) is 0 Å². The average molecular weight is 488 g/mol. The lowest BCUT2D eigenvalue weighted by atomic mass is 9.77. The van der Waals surface area contributed by atoms with Gasteiger partial charge in [-0.3, -0.25) is 9.80 Å². The second kappa shape index (κ2) is 9.32. The molecule has 3 heterocycles. The van der Waals surface area contributed by atoms with Gasteiger partial charge in [-0.25, -0.2) is 4.79 Å². The topological polar surface area (TPSA) is 45.3 Å². The van der Waals surface area contributed by atoms with Crippen LogP contribution in [0.25, 0.3) is 6.08 Å². The molecule has 2 fully saturated rings. The van der Waals surface area contributed by atoms with E-state index in [4.69, 9.17) is 9.47 Å². The number of likely N-dealkylation sites (tertiary alicyclic amines) is 1. The van der Waals surface area contributed by atoms with Crippen LogP contribution in [0, 0.1) is 0 Å². The molecular weight excluding hydrogens is 450 g/mol. The summed E-state index contributed by atoms with van der Waals surface area (Å²) in [7, 11) is 5.34. The maximum absolute atomic E-state index is 13.6. The molecule has 0 unspecified atom stereocenters. The highest BCUT2D eigenvalue weighted by molar-refractivity contribution is 5.83. The van der Waals surface area contributed by atoms with Gasteiger partial charge < -0.3 is 14.4 Å². The number of fused-ring (bicyclic) bond motifs is 3. The third-order valence-electron chi connectivity index (χ3n) is 8.17. The summed E-state index contributed by atoms with van der Waals surface area (Å²) < 4.78 is 11.4. The van der Waals surface area contributed by atoms with Gasteiger partial charge in [0.25, 0.3) is 0 Å². The number of carbonyl (C=O) groups excluding carboxylic acids is 1. The normalized spacial score (nSPS) is 20.8. The highest BCUT2D eigenvalue weighted by Crippen LogP contribution is 2.50. The molecule has 1 spiro atoms. The second-order valence-electron chi connectivity index (χ2n) is 10.7. The summed E-state index contributed by atoms with van der Waals surface area (Å²) >= 11 is 0. The largest absolute Gasteiger partial charge is 0.497 e. The molecule has 2 aromatic rings. The highest BCUT2D eigenvalue weighted by Gasteiger charge is 2.54. The van der Waals surface area contributed by atoms with Gasteiger partial charge in [0.1, 0.15) is 11.5 Å². The minimum absolute atomic E-state index is 0.0733. The van der Waals surface area contributed by atoms with E-state index < -0.39 is 0 Å². The van der Waals surface area contributed by atoms with Gasteiger partial charge >= 0.3 is 6.03 Å². The molecule has 5 rings (SSSR count). The van der Waals surface area contributed by atoms with Gasteiger partial charge in [-0.1, -0.05) is 62.4 Å². The van der Waals surface area contributed by atoms with Crippen LogP contribution < -0.4 is 9.47 Å². The van der Waals surface area contributed by atoms with E-state index >= 15 is 0 Å². The zero-order valence-corrected chi connectivity index (χ0v) is 22.1. The predicted octanol–water partition coefficient (Wildman–Crippen LogP) is 5.29. The fourth-order valence-corrected chi connectivity index (χ4v) is 6.22. The standard InChI is InChI=1S/C30H37N3O3/c1-29(2)20-26-30(13-16-32(17-14-30)15-9-12-22-10-7-6-8-11-22)31(3)28(34)33(26)21-23-18-24(35-4)19-25(36-5)27(23)29/h6-12,18-20H,13-17,21H2,1-5H3. The number of urea groups is 1. The van der Waals surface area contributed by atoms with E-state index in [1.54, 1.807) is 14.2 Å². The molecule has 2 saturated heterocycles. The Hall–Kier alpha value is -3.25. The molecule has 0 radical (unpaired) electrons. The van der Waals surface area contributed by atoms with Crippen molar-refractivity contribution in [3.05, 3.63) is 77.0 Å². The zero-order valence-electron chi connectivity index (χ0n) is 22.1. The van der Waals surface area contributed by atoms with Crippen LogP contribution in [0.5, 0.6) is 11.5 Å². The van der Waals surface area contributed by atoms with Crippen LogP contribution in [0.2, 0.25) is 0 Å². The van der Waals surface area contributed by atoms with Gasteiger partial charge in [0.05, 0.1) is 26.3 Å². The molecule has 2 amide bonds. The number of ether oxygens (including phenoxy) is 2. The van der Waals surface area contributed by atoms with E-state index in [-0.39, 0.29) is 17.0 Å². The number of hydrogen-bond donors (Lipinski definition) is 0. The van der Waals surface area contributed by atoms with Gasteiger partial charge in [-0.15, -0.1) is 0 Å². The second-order valence-corrected chi connectivity index (χ2v) is 10.7. The van der Waals surface area contributed by atoms with Crippen molar-refractivity contribution in [3.8, 4) is 11.5 Å². The summed E-state index contributed by atoms with van der Waals surface area (Å²) in [4.78, 5) is 20.1. The monoisotopic (exact) mass is 487 g/mol. The van der Waals surface area contributed by atoms with Gasteiger partial charge in [-0.2, -0.15) is 0 Å². The van der Waals surface area contributed by atoms with Crippen LogP contribution in [0.15, 0.2) is 60.3 Å². The fourth-order valence-electron chi connectivity index (χ4n) is 6.22. The van der Waals surface area contributed by atoms with Crippen molar-refractivity contribution in [2.45, 2.75) is 44.2 Å². The molecule has 2 aromatic carbocycles. The molecule has 0 bridgehead atoms. The number of piperidine rings is 1. The van der Waals surface area contributed by atoms with Gasteiger partial charge in [0.2, 0.25) is 0 Å². The molecule has 0 aromatic heterocycles. The summed E-state index contributed by atoms with van der Waals surface area (Å²) in [5.41, 5.74) is 3.97. The maximum atomic E-state index is 13.6. The minimum Gasteiger partial charge on any atom is -0.497 e. The van der Waals surface area contributed by atoms with E-state index in [2.05, 4.69) is 67.3 Å². The molecule has 6 heteroatoms. The van der Waals surface area contributed by atoms with Crippen LogP contribution in [-0.4, -0.2) is 67.2 Å². The number of hydrogen-bond acceptors (Lipinski definition) is 4. The molecular formula is C30H37N3O3. The predicted molar refractivity (Wildman–Crippen MR) is 143 cm³/mol. The molecule has 3 aliphatic heterocycles. The smallest absolute Gasteiger partial charge is 0.325 e. The fraction of sp³-hybridized carbons (Fsp3) is 0.433. The number of likely N-dealkylation sites (N-methyl/N-ethyl adjacent to an activating group) is 1. The first kappa shape index (κ1) is 24.4. The van der Waals surface area contributed by atoms with Crippen LogP contribution in [0.4, 0.5) is 4.79 Å². The van der Waals surface area contributed by atoms with Crippen molar-refractivity contribution < 1.29 is 14.3 Å². The van der Waals surface area contributed by atoms with E-state index in [1.165, 1.54) is 5.56 Å². The number of allylic oxidation sites excluding steroid dienone is 1. The van der Waals surface area contributed by atoms with Crippen molar-refractivity contribution in [2.24, 2.45) is 0 Å². The minimum atomic E-state index is -0.301. The number of methoxy groups -OCH3 is 2. The van der Waals surface area contributed by atoms with Crippen molar-refractivity contribution in [3.63, 3.8) is 0 Å². The number of rotatable bonds is 5. The SMILES string of the molecule is COc1cc2c(c(OC)c1)C(C)(C)C=C1N(C2)C(=O)N(C)C12CCN(CC=Cc1ccccc1)CC2. The first-order chi connectivity index (χ1) is 17.3. The Bertz CT molecular complexity index is 1190. The Morgan fingerprint density at radius 3 is 2.42 bits per heavy atom. The Balaban J connectivity index is 1.42. The molecule has 0 aliphatic carbocycles. The summed E-state index contributed by atoms with van der Waals surface area (Å²) in [5, 5.41) is 0. The van der Waals surface area contributed by atoms with Crippen LogP contribution in [-0.2, 0) is 12.0 Å². The first-order valence-electron chi connectivity index (χ1n) is 12.8. The van der Waals surface area contributed by atoms with Crippen molar-refractivity contribution >= 4 is 12.1 Å². The van der Waals surface area contributed by atoms with E-state index in [0.29, 0.717) is 6.54 Å². The first-order valence-corrected chi connectivity index (χ1v) is 12.8. The maximum Gasteiger partial charge on any atom is 0.325 e. The van der Waals surface area contributed by atoms with Gasteiger partial charge in [0, 0.05) is 49.4 Å². The van der Waals surface area contributed by atoms with Crippen molar-refractivity contribution in [2.75, 3.05) is 40.9 Å². The molecule has 6 nitrogen and oxygen atoms in total. The van der Waals surface area contributed by atoms with E-state index in [0.717, 1.165) is 60.8 Å². The summed E-state index contributed by atoms with van der Waals surface area (Å²) in [6, 6.07) is 14.5. The number of nitrogens with zero attached hydrogens (tertiary/aromatic N) is 3. The van der Waals surface area contributed by atoms with E-state index in [1.807, 2.05) is 29.0 Å². The Labute approximate surface area is 214 Å². The molecule has 36 heavy (non-hydrogen) atoms. The molecule has 190 valence electrons. The van der Waals surface area contributed by atoms with Crippen LogP contribution in [0.1, 0.15) is 43.4 Å². The quantitative estimate of drug-likeness (QED) is 0.575. The zero-order chi connectivity index (χ0) is 25.5. The molecule has 3 aliphatic rings. The summed E-state index contributed by atoms with van der Waals surface area (Å²) in [6.07, 6.45) is 8.59. The van der Waals surface area contributed by atoms with Crippen molar-refractivity contribution in [1.29, 1.82) is 0 Å². The lowest BCUT2D eigenvalue weighted by Crippen LogP contribution is -2.52. The Kier molecular flexibility index (Phi) is 6.33. The number of amides is 2. The highest BCUT2D eigenvalue weighted by atomic mass is 16.5. The Morgan fingerprint density at radius 2 is 1.75 bits per heavy atom. The lowest BCUT2D eigenvalue weighted by Gasteiger charge is -2.43. The van der Waals surface area contributed by atoms with E-state index in [9.17, 15) is 4.79 Å².